The molecular formula is C19H16N4O2. The minimum Gasteiger partial charge on any atom is -0.460 e. The molecule has 4 rings (SSSR count). The topological polar surface area (TPSA) is 72.4 Å². The lowest BCUT2D eigenvalue weighted by Gasteiger charge is -1.98. The van der Waals surface area contributed by atoms with E-state index in [0.717, 1.165) is 17.0 Å². The van der Waals surface area contributed by atoms with E-state index in [1.807, 2.05) is 55.6 Å². The molecule has 1 aliphatic heterocycles. The summed E-state index contributed by atoms with van der Waals surface area (Å²) in [6.07, 6.45) is 3.68. The number of nitrogens with zero attached hydrogens (tertiary/aromatic N) is 3. The van der Waals surface area contributed by atoms with E-state index >= 15 is 0 Å². The van der Waals surface area contributed by atoms with Gasteiger partial charge >= 0.3 is 0 Å². The smallest absolute Gasteiger partial charge is 0.273 e. The highest BCUT2D eigenvalue weighted by Crippen LogP contribution is 2.28. The van der Waals surface area contributed by atoms with Crippen LogP contribution in [0.1, 0.15) is 18.2 Å². The minimum absolute atomic E-state index is 0.216. The molecule has 6 heteroatoms. The van der Waals surface area contributed by atoms with E-state index in [-0.39, 0.29) is 5.91 Å². The molecule has 1 aliphatic rings. The average molecular weight is 332 g/mol. The van der Waals surface area contributed by atoms with Crippen molar-refractivity contribution in [2.24, 2.45) is 5.10 Å². The SMILES string of the molecule is CC1=NNC(=O)/C1=C\c1cn(-c2ccccc2)nc1-c1ccc(C)o1. The molecule has 0 bridgehead atoms. The number of nitrogens with one attached hydrogen (secondary N) is 1. The molecule has 1 N–H and O–H groups in total. The number of hydrazone groups is 1. The molecular weight excluding hydrogens is 316 g/mol. The molecule has 0 spiro atoms. The predicted octanol–water partition coefficient (Wildman–Crippen LogP) is 3.33. The molecule has 0 aliphatic carbocycles. The Morgan fingerprint density at radius 1 is 1.12 bits per heavy atom. The van der Waals surface area contributed by atoms with E-state index in [9.17, 15) is 4.79 Å². The highest BCUT2D eigenvalue weighted by atomic mass is 16.3. The number of aromatic nitrogens is 2. The zero-order chi connectivity index (χ0) is 17.4. The van der Waals surface area contributed by atoms with Crippen LogP contribution in [0, 0.1) is 6.92 Å². The van der Waals surface area contributed by atoms with Gasteiger partial charge in [-0.25, -0.2) is 10.1 Å². The van der Waals surface area contributed by atoms with Gasteiger partial charge in [0.05, 0.1) is 17.0 Å². The van der Waals surface area contributed by atoms with Crippen LogP contribution in [-0.2, 0) is 4.79 Å². The fourth-order valence-electron chi connectivity index (χ4n) is 2.70. The first-order valence-corrected chi connectivity index (χ1v) is 7.90. The van der Waals surface area contributed by atoms with Crippen LogP contribution in [0.2, 0.25) is 0 Å². The Kier molecular flexibility index (Phi) is 3.57. The van der Waals surface area contributed by atoms with Gasteiger partial charge in [-0.2, -0.15) is 10.2 Å². The fraction of sp³-hybridized carbons (Fsp3) is 0.105. The normalized spacial score (nSPS) is 15.5. The van der Waals surface area contributed by atoms with Crippen LogP contribution >= 0.6 is 0 Å². The van der Waals surface area contributed by atoms with Crippen LogP contribution in [0.25, 0.3) is 23.2 Å². The number of furan rings is 1. The third kappa shape index (κ3) is 2.78. The first-order chi connectivity index (χ1) is 12.1. The predicted molar refractivity (Wildman–Crippen MR) is 95.2 cm³/mol. The molecule has 0 fully saturated rings. The maximum absolute atomic E-state index is 12.0. The molecule has 1 amide bonds. The molecule has 0 atom stereocenters. The third-order valence-electron chi connectivity index (χ3n) is 4.00. The lowest BCUT2D eigenvalue weighted by Crippen LogP contribution is -2.12. The zero-order valence-corrected chi connectivity index (χ0v) is 13.9. The highest BCUT2D eigenvalue weighted by molar-refractivity contribution is 6.26. The van der Waals surface area contributed by atoms with Crippen molar-refractivity contribution in [1.29, 1.82) is 0 Å². The monoisotopic (exact) mass is 332 g/mol. The van der Waals surface area contributed by atoms with Gasteiger partial charge in [0, 0.05) is 11.8 Å². The Balaban J connectivity index is 1.87. The standard InChI is InChI=1S/C19H16N4O2/c1-12-8-9-17(25-12)18-14(10-16-13(2)20-21-19(16)24)11-23(22-18)15-6-4-3-5-7-15/h3-11H,1-2H3,(H,21,24)/b16-10-. The number of rotatable bonds is 3. The summed E-state index contributed by atoms with van der Waals surface area (Å²) < 4.78 is 7.52. The molecule has 0 saturated heterocycles. The Bertz CT molecular complexity index is 1010. The summed E-state index contributed by atoms with van der Waals surface area (Å²) in [4.78, 5) is 12.0. The summed E-state index contributed by atoms with van der Waals surface area (Å²) in [5.74, 6) is 1.25. The first-order valence-electron chi connectivity index (χ1n) is 7.90. The van der Waals surface area contributed by atoms with Gasteiger partial charge in [-0.3, -0.25) is 4.79 Å². The molecule has 2 aromatic heterocycles. The molecule has 25 heavy (non-hydrogen) atoms. The van der Waals surface area contributed by atoms with Crippen LogP contribution in [0.15, 0.2) is 63.8 Å². The summed E-state index contributed by atoms with van der Waals surface area (Å²) in [6.45, 7) is 3.68. The first kappa shape index (κ1) is 15.1. The van der Waals surface area contributed by atoms with Crippen LogP contribution in [0.4, 0.5) is 0 Å². The second-order valence-electron chi connectivity index (χ2n) is 5.82. The number of carbonyl (C=O) groups is 1. The number of aryl methyl sites for hydroxylation is 1. The van der Waals surface area contributed by atoms with Gasteiger partial charge in [0.1, 0.15) is 11.5 Å². The molecule has 0 unspecified atom stereocenters. The van der Waals surface area contributed by atoms with Crippen molar-refractivity contribution < 1.29 is 9.21 Å². The van der Waals surface area contributed by atoms with Crippen molar-refractivity contribution in [3.8, 4) is 17.1 Å². The third-order valence-corrected chi connectivity index (χ3v) is 4.00. The summed E-state index contributed by atoms with van der Waals surface area (Å²) in [6, 6.07) is 13.6. The van der Waals surface area contributed by atoms with E-state index in [1.165, 1.54) is 0 Å². The van der Waals surface area contributed by atoms with Gasteiger partial charge in [-0.15, -0.1) is 0 Å². The second-order valence-corrected chi connectivity index (χ2v) is 5.82. The largest absolute Gasteiger partial charge is 0.460 e. The van der Waals surface area contributed by atoms with E-state index in [1.54, 1.807) is 17.7 Å². The average Bonchev–Trinajstić information content (AvgIpc) is 3.31. The molecule has 3 aromatic rings. The molecule has 0 saturated carbocycles. The van der Waals surface area contributed by atoms with Crippen molar-refractivity contribution in [2.45, 2.75) is 13.8 Å². The minimum atomic E-state index is -0.216. The number of para-hydroxylation sites is 1. The van der Waals surface area contributed by atoms with E-state index < -0.39 is 0 Å². The maximum Gasteiger partial charge on any atom is 0.273 e. The number of carbonyl (C=O) groups excluding carboxylic acids is 1. The van der Waals surface area contributed by atoms with E-state index in [4.69, 9.17) is 4.42 Å². The Labute approximate surface area is 144 Å². The number of hydrogen-bond acceptors (Lipinski definition) is 4. The summed E-state index contributed by atoms with van der Waals surface area (Å²) in [5.41, 5.74) is 6.05. The van der Waals surface area contributed by atoms with Gasteiger partial charge < -0.3 is 4.42 Å². The Morgan fingerprint density at radius 3 is 2.56 bits per heavy atom. The van der Waals surface area contributed by atoms with Crippen LogP contribution < -0.4 is 5.43 Å². The Morgan fingerprint density at radius 2 is 1.92 bits per heavy atom. The Hall–Kier alpha value is -3.41. The summed E-state index contributed by atoms with van der Waals surface area (Å²) in [7, 11) is 0. The van der Waals surface area contributed by atoms with Crippen molar-refractivity contribution in [2.75, 3.05) is 0 Å². The van der Waals surface area contributed by atoms with Gasteiger partial charge in [-0.1, -0.05) is 18.2 Å². The second kappa shape index (κ2) is 5.90. The highest BCUT2D eigenvalue weighted by Gasteiger charge is 2.21. The summed E-state index contributed by atoms with van der Waals surface area (Å²) >= 11 is 0. The van der Waals surface area contributed by atoms with Gasteiger partial charge in [-0.05, 0) is 44.2 Å². The van der Waals surface area contributed by atoms with Crippen molar-refractivity contribution in [3.63, 3.8) is 0 Å². The molecule has 1 aromatic carbocycles. The van der Waals surface area contributed by atoms with Gasteiger partial charge in [0.25, 0.3) is 5.91 Å². The zero-order valence-electron chi connectivity index (χ0n) is 13.9. The number of hydrogen-bond donors (Lipinski definition) is 1. The lowest BCUT2D eigenvalue weighted by atomic mass is 10.1. The molecule has 0 radical (unpaired) electrons. The summed E-state index contributed by atoms with van der Waals surface area (Å²) in [5, 5.41) is 8.63. The fourth-order valence-corrected chi connectivity index (χ4v) is 2.70. The quantitative estimate of drug-likeness (QED) is 0.748. The van der Waals surface area contributed by atoms with Gasteiger partial charge in [0.15, 0.2) is 5.76 Å². The van der Waals surface area contributed by atoms with Crippen molar-refractivity contribution in [3.05, 3.63) is 65.6 Å². The molecule has 3 heterocycles. The lowest BCUT2D eigenvalue weighted by molar-refractivity contribution is -0.116. The van der Waals surface area contributed by atoms with Crippen LogP contribution in [-0.4, -0.2) is 21.4 Å². The molecule has 6 nitrogen and oxygen atoms in total. The van der Waals surface area contributed by atoms with E-state index in [0.29, 0.717) is 22.7 Å². The number of benzene rings is 1. The maximum atomic E-state index is 12.0. The van der Waals surface area contributed by atoms with Gasteiger partial charge in [0.2, 0.25) is 0 Å². The van der Waals surface area contributed by atoms with Crippen molar-refractivity contribution >= 4 is 17.7 Å². The van der Waals surface area contributed by atoms with Crippen molar-refractivity contribution in [1.82, 2.24) is 15.2 Å². The molecule has 124 valence electrons. The van der Waals surface area contributed by atoms with Crippen LogP contribution in [0.3, 0.4) is 0 Å². The number of amides is 1. The van der Waals surface area contributed by atoms with E-state index in [2.05, 4.69) is 15.6 Å². The van der Waals surface area contributed by atoms with Crippen LogP contribution in [0.5, 0.6) is 0 Å².